The quantitative estimate of drug-likeness (QED) is 0.523. The Bertz CT molecular complexity index is 376. The number of hydrogen-bond donors (Lipinski definition) is 1. The van der Waals surface area contributed by atoms with Gasteiger partial charge in [-0.25, -0.2) is 0 Å². The van der Waals surface area contributed by atoms with Crippen LogP contribution >= 0.6 is 22.6 Å². The second kappa shape index (κ2) is 5.32. The molecule has 0 aromatic heterocycles. The normalized spacial score (nSPS) is 9.87. The fourth-order valence-electron chi connectivity index (χ4n) is 1.10. The van der Waals surface area contributed by atoms with Crippen LogP contribution in [0.4, 0.5) is 0 Å². The Morgan fingerprint density at radius 2 is 2.07 bits per heavy atom. The molecule has 5 heteroatoms. The van der Waals surface area contributed by atoms with Crippen LogP contribution in [0, 0.1) is 3.57 Å². The van der Waals surface area contributed by atoms with E-state index in [1.807, 2.05) is 22.6 Å². The lowest BCUT2D eigenvalue weighted by Gasteiger charge is -2.10. The predicted molar refractivity (Wildman–Crippen MR) is 62.9 cm³/mol. The number of benzene rings is 1. The Morgan fingerprint density at radius 1 is 1.47 bits per heavy atom. The van der Waals surface area contributed by atoms with E-state index in [1.165, 1.54) is 14.0 Å². The van der Waals surface area contributed by atoms with E-state index >= 15 is 0 Å². The summed E-state index contributed by atoms with van der Waals surface area (Å²) in [6, 6.07) is 3.32. The van der Waals surface area contributed by atoms with Crippen molar-refractivity contribution in [3.05, 3.63) is 21.3 Å². The van der Waals surface area contributed by atoms with Gasteiger partial charge in [0.1, 0.15) is 11.5 Å². The monoisotopic (exact) mass is 322 g/mol. The lowest BCUT2D eigenvalue weighted by Crippen LogP contribution is -2.04. The highest BCUT2D eigenvalue weighted by Crippen LogP contribution is 2.32. The van der Waals surface area contributed by atoms with Crippen LogP contribution in [0.2, 0.25) is 0 Å². The molecule has 0 bridgehead atoms. The SMILES string of the molecule is COc1cc(CO)cc(OC(C)=O)c1I. The standard InChI is InChI=1S/C10H11IO4/c1-6(13)15-9-4-7(5-12)3-8(14-2)10(9)11/h3-4,12H,5H2,1-2H3. The number of esters is 1. The van der Waals surface area contributed by atoms with Gasteiger partial charge in [-0.05, 0) is 40.3 Å². The Kier molecular flexibility index (Phi) is 4.34. The Hall–Kier alpha value is -0.820. The molecule has 0 saturated heterocycles. The summed E-state index contributed by atoms with van der Waals surface area (Å²) in [5.74, 6) is 0.593. The summed E-state index contributed by atoms with van der Waals surface area (Å²) in [5, 5.41) is 9.01. The fourth-order valence-corrected chi connectivity index (χ4v) is 1.74. The van der Waals surface area contributed by atoms with Gasteiger partial charge in [-0.3, -0.25) is 4.79 Å². The van der Waals surface area contributed by atoms with Crippen molar-refractivity contribution in [1.29, 1.82) is 0 Å². The summed E-state index contributed by atoms with van der Waals surface area (Å²) in [4.78, 5) is 10.8. The molecule has 0 atom stereocenters. The first kappa shape index (κ1) is 12.3. The fraction of sp³-hybridized carbons (Fsp3) is 0.300. The number of methoxy groups -OCH3 is 1. The van der Waals surface area contributed by atoms with Crippen LogP contribution in [0.1, 0.15) is 12.5 Å². The molecule has 1 aromatic rings. The lowest BCUT2D eigenvalue weighted by atomic mass is 10.2. The second-order valence-electron chi connectivity index (χ2n) is 2.86. The van der Waals surface area contributed by atoms with Gasteiger partial charge in [0.15, 0.2) is 0 Å². The Labute approximate surface area is 101 Å². The molecule has 1 N–H and O–H groups in total. The number of halogens is 1. The minimum atomic E-state index is -0.398. The third-order valence-corrected chi connectivity index (χ3v) is 2.79. The molecule has 0 heterocycles. The minimum Gasteiger partial charge on any atom is -0.495 e. The third kappa shape index (κ3) is 3.07. The van der Waals surface area contributed by atoms with Gasteiger partial charge >= 0.3 is 5.97 Å². The van der Waals surface area contributed by atoms with Crippen molar-refractivity contribution >= 4 is 28.6 Å². The molecule has 82 valence electrons. The van der Waals surface area contributed by atoms with E-state index in [0.717, 1.165) is 0 Å². The molecule has 0 aliphatic heterocycles. The van der Waals surface area contributed by atoms with Gasteiger partial charge < -0.3 is 14.6 Å². The van der Waals surface area contributed by atoms with Crippen molar-refractivity contribution < 1.29 is 19.4 Å². The molecular weight excluding hydrogens is 311 g/mol. The summed E-state index contributed by atoms with van der Waals surface area (Å²) in [5.41, 5.74) is 0.642. The van der Waals surface area contributed by atoms with Gasteiger partial charge in [0, 0.05) is 6.92 Å². The largest absolute Gasteiger partial charge is 0.495 e. The zero-order chi connectivity index (χ0) is 11.4. The van der Waals surface area contributed by atoms with E-state index < -0.39 is 5.97 Å². The number of rotatable bonds is 3. The average Bonchev–Trinajstić information content (AvgIpc) is 2.20. The van der Waals surface area contributed by atoms with Crippen molar-refractivity contribution in [1.82, 2.24) is 0 Å². The molecule has 0 saturated carbocycles. The van der Waals surface area contributed by atoms with E-state index in [9.17, 15) is 4.79 Å². The third-order valence-electron chi connectivity index (χ3n) is 1.72. The highest BCUT2D eigenvalue weighted by molar-refractivity contribution is 14.1. The van der Waals surface area contributed by atoms with Crippen LogP contribution in [0.15, 0.2) is 12.1 Å². The van der Waals surface area contributed by atoms with Gasteiger partial charge in [-0.1, -0.05) is 0 Å². The van der Waals surface area contributed by atoms with E-state index in [2.05, 4.69) is 0 Å². The topological polar surface area (TPSA) is 55.8 Å². The number of aliphatic hydroxyl groups excluding tert-OH is 1. The first-order valence-electron chi connectivity index (χ1n) is 4.24. The zero-order valence-electron chi connectivity index (χ0n) is 8.41. The maximum absolute atomic E-state index is 10.8. The van der Waals surface area contributed by atoms with Gasteiger partial charge in [-0.2, -0.15) is 0 Å². The van der Waals surface area contributed by atoms with E-state index in [1.54, 1.807) is 12.1 Å². The maximum atomic E-state index is 10.8. The number of carbonyl (C=O) groups excluding carboxylic acids is 1. The Balaban J connectivity index is 3.17. The maximum Gasteiger partial charge on any atom is 0.308 e. The molecule has 0 fully saturated rings. The lowest BCUT2D eigenvalue weighted by molar-refractivity contribution is -0.131. The molecule has 4 nitrogen and oxygen atoms in total. The van der Waals surface area contributed by atoms with Crippen molar-refractivity contribution in [2.24, 2.45) is 0 Å². The molecule has 0 aliphatic carbocycles. The van der Waals surface area contributed by atoms with Crippen LogP contribution < -0.4 is 9.47 Å². The number of hydrogen-bond acceptors (Lipinski definition) is 4. The minimum absolute atomic E-state index is 0.123. The molecule has 0 spiro atoms. The van der Waals surface area contributed by atoms with Crippen LogP contribution in [-0.4, -0.2) is 18.2 Å². The summed E-state index contributed by atoms with van der Waals surface area (Å²) in [7, 11) is 1.52. The Morgan fingerprint density at radius 3 is 2.53 bits per heavy atom. The average molecular weight is 322 g/mol. The molecule has 15 heavy (non-hydrogen) atoms. The molecule has 0 unspecified atom stereocenters. The van der Waals surface area contributed by atoms with Crippen LogP contribution in [0.25, 0.3) is 0 Å². The highest BCUT2D eigenvalue weighted by Gasteiger charge is 2.11. The summed E-state index contributed by atoms with van der Waals surface area (Å²) >= 11 is 2.02. The highest BCUT2D eigenvalue weighted by atomic mass is 127. The van der Waals surface area contributed by atoms with Crippen molar-refractivity contribution in [2.75, 3.05) is 7.11 Å². The summed E-state index contributed by atoms with van der Waals surface area (Å²) < 4.78 is 10.8. The van der Waals surface area contributed by atoms with Crippen molar-refractivity contribution in [3.8, 4) is 11.5 Å². The van der Waals surface area contributed by atoms with E-state index in [4.69, 9.17) is 14.6 Å². The van der Waals surface area contributed by atoms with Crippen LogP contribution in [-0.2, 0) is 11.4 Å². The summed E-state index contributed by atoms with van der Waals surface area (Å²) in [6.45, 7) is 1.20. The summed E-state index contributed by atoms with van der Waals surface area (Å²) in [6.07, 6.45) is 0. The number of ether oxygens (including phenoxy) is 2. The molecule has 1 rings (SSSR count). The first-order valence-corrected chi connectivity index (χ1v) is 5.32. The van der Waals surface area contributed by atoms with Crippen LogP contribution in [0.5, 0.6) is 11.5 Å². The van der Waals surface area contributed by atoms with Gasteiger partial charge in [0.25, 0.3) is 0 Å². The molecule has 0 amide bonds. The van der Waals surface area contributed by atoms with E-state index in [0.29, 0.717) is 20.6 Å². The van der Waals surface area contributed by atoms with Gasteiger partial charge in [-0.15, -0.1) is 0 Å². The van der Waals surface area contributed by atoms with Gasteiger partial charge in [0.05, 0.1) is 17.3 Å². The van der Waals surface area contributed by atoms with Crippen molar-refractivity contribution in [2.45, 2.75) is 13.5 Å². The van der Waals surface area contributed by atoms with Crippen LogP contribution in [0.3, 0.4) is 0 Å². The van der Waals surface area contributed by atoms with E-state index in [-0.39, 0.29) is 6.61 Å². The first-order chi connectivity index (χ1) is 7.08. The zero-order valence-corrected chi connectivity index (χ0v) is 10.6. The predicted octanol–water partition coefficient (Wildman–Crippen LogP) is 1.72. The number of aliphatic hydroxyl groups is 1. The van der Waals surface area contributed by atoms with Crippen molar-refractivity contribution in [3.63, 3.8) is 0 Å². The number of carbonyl (C=O) groups is 1. The molecular formula is C10H11IO4. The molecule has 0 radical (unpaired) electrons. The molecule has 1 aromatic carbocycles. The second-order valence-corrected chi connectivity index (χ2v) is 3.94. The van der Waals surface area contributed by atoms with Gasteiger partial charge in [0.2, 0.25) is 0 Å². The smallest absolute Gasteiger partial charge is 0.308 e. The molecule has 0 aliphatic rings.